The Bertz CT molecular complexity index is 154. The Hall–Kier alpha value is 0.250. The average molecular weight is 276 g/mol. The molecule has 0 radical (unpaired) electrons. The average Bonchev–Trinajstić information content (AvgIpc) is 2.78. The van der Waals surface area contributed by atoms with Crippen molar-refractivity contribution in [3.8, 4) is 0 Å². The fourth-order valence-electron chi connectivity index (χ4n) is 3.16. The van der Waals surface area contributed by atoms with Crippen molar-refractivity contribution in [2.45, 2.75) is 78.1 Å². The first-order valence-corrected chi connectivity index (χ1v) is 8.20. The summed E-state index contributed by atoms with van der Waals surface area (Å²) in [4.78, 5) is 1.90. The largest absolute Gasteiger partial charge is 1.00 e. The lowest BCUT2D eigenvalue weighted by Gasteiger charge is -2.13. The van der Waals surface area contributed by atoms with Crippen molar-refractivity contribution in [1.82, 2.24) is 0 Å². The number of halogens is 1. The van der Waals surface area contributed by atoms with Gasteiger partial charge in [-0.15, -0.1) is 0 Å². The molecule has 2 atom stereocenters. The van der Waals surface area contributed by atoms with E-state index < -0.39 is 0 Å². The number of hydrogen-bond acceptors (Lipinski definition) is 0. The molecule has 0 spiro atoms. The van der Waals surface area contributed by atoms with E-state index in [0.717, 1.165) is 5.92 Å². The van der Waals surface area contributed by atoms with Crippen LogP contribution in [0.15, 0.2) is 0 Å². The zero-order chi connectivity index (χ0) is 12.3. The summed E-state index contributed by atoms with van der Waals surface area (Å²) in [6.07, 6.45) is 14.5. The zero-order valence-electron chi connectivity index (χ0n) is 12.6. The predicted octanol–water partition coefficient (Wildman–Crippen LogP) is 0.446. The highest BCUT2D eigenvalue weighted by Crippen LogP contribution is 2.15. The molecule has 18 heavy (non-hydrogen) atoms. The Kier molecular flexibility index (Phi) is 12.5. The Labute approximate surface area is 121 Å². The predicted molar refractivity (Wildman–Crippen MR) is 76.6 cm³/mol. The third-order valence-electron chi connectivity index (χ3n) is 4.33. The van der Waals surface area contributed by atoms with Crippen molar-refractivity contribution < 1.29 is 17.3 Å². The maximum Gasteiger partial charge on any atom is 0.0801 e. The monoisotopic (exact) mass is 275 g/mol. The number of hydrogen-bond donors (Lipinski definition) is 1. The molecule has 0 aliphatic carbocycles. The van der Waals surface area contributed by atoms with Gasteiger partial charge >= 0.3 is 0 Å². The summed E-state index contributed by atoms with van der Waals surface area (Å²) in [5.74, 6) is 1.06. The van der Waals surface area contributed by atoms with Crippen LogP contribution in [0.1, 0.15) is 78.1 Å². The Morgan fingerprint density at radius 3 is 2.22 bits per heavy atom. The molecule has 1 nitrogen and oxygen atoms in total. The van der Waals surface area contributed by atoms with Crippen molar-refractivity contribution in [1.29, 1.82) is 0 Å². The van der Waals surface area contributed by atoms with Crippen LogP contribution < -0.4 is 17.3 Å². The van der Waals surface area contributed by atoms with E-state index in [1.807, 2.05) is 4.90 Å². The third kappa shape index (κ3) is 8.37. The Morgan fingerprint density at radius 2 is 1.56 bits per heavy atom. The number of likely N-dealkylation sites (tertiary alicyclic amines) is 1. The van der Waals surface area contributed by atoms with Crippen LogP contribution in [0.2, 0.25) is 0 Å². The molecule has 1 fully saturated rings. The fraction of sp³-hybridized carbons (Fsp3) is 1.00. The summed E-state index contributed by atoms with van der Waals surface area (Å²) < 4.78 is 0. The lowest BCUT2D eigenvalue weighted by atomic mass is 10.0. The number of unbranched alkanes of at least 4 members (excludes halogenated alkanes) is 6. The quantitative estimate of drug-likeness (QED) is 0.552. The third-order valence-corrected chi connectivity index (χ3v) is 4.33. The van der Waals surface area contributed by atoms with Crippen LogP contribution in [0.25, 0.3) is 0 Å². The molecular weight excluding hydrogens is 242 g/mol. The summed E-state index contributed by atoms with van der Waals surface area (Å²) in [6, 6.07) is 0. The highest BCUT2D eigenvalue weighted by molar-refractivity contribution is 4.63. The van der Waals surface area contributed by atoms with E-state index in [-0.39, 0.29) is 12.4 Å². The molecule has 0 saturated carbocycles. The highest BCUT2D eigenvalue weighted by Gasteiger charge is 2.24. The second-order valence-electron chi connectivity index (χ2n) is 6.02. The molecule has 0 aromatic heterocycles. The van der Waals surface area contributed by atoms with E-state index in [1.54, 1.807) is 0 Å². The first kappa shape index (κ1) is 18.2. The number of nitrogens with one attached hydrogen (secondary N) is 1. The van der Waals surface area contributed by atoms with Gasteiger partial charge < -0.3 is 17.3 Å². The molecule has 2 unspecified atom stereocenters. The van der Waals surface area contributed by atoms with Crippen molar-refractivity contribution in [3.05, 3.63) is 0 Å². The maximum atomic E-state index is 2.30. The number of quaternary nitrogens is 1. The van der Waals surface area contributed by atoms with Crippen LogP contribution in [0, 0.1) is 5.92 Å². The lowest BCUT2D eigenvalue weighted by molar-refractivity contribution is -0.889. The van der Waals surface area contributed by atoms with E-state index in [9.17, 15) is 0 Å². The van der Waals surface area contributed by atoms with Gasteiger partial charge in [-0.3, -0.25) is 0 Å². The summed E-state index contributed by atoms with van der Waals surface area (Å²) in [5.41, 5.74) is 0. The zero-order valence-corrected chi connectivity index (χ0v) is 13.4. The van der Waals surface area contributed by atoms with Crippen LogP contribution in [-0.2, 0) is 0 Å². The normalized spacial score (nSPS) is 23.0. The molecule has 1 aliphatic heterocycles. The minimum Gasteiger partial charge on any atom is -1.00 e. The molecule has 1 heterocycles. The lowest BCUT2D eigenvalue weighted by Crippen LogP contribution is -3.10. The van der Waals surface area contributed by atoms with Gasteiger partial charge in [-0.1, -0.05) is 52.4 Å². The Morgan fingerprint density at radius 1 is 0.889 bits per heavy atom. The minimum absolute atomic E-state index is 0. The number of rotatable bonds is 10. The van der Waals surface area contributed by atoms with Gasteiger partial charge in [0.15, 0.2) is 0 Å². The molecule has 0 amide bonds. The Balaban J connectivity index is 0.00000289. The molecule has 1 N–H and O–H groups in total. The molecule has 0 aromatic rings. The molecule has 1 rings (SSSR count). The molecule has 1 aliphatic rings. The standard InChI is InChI=1S/C16H33N.ClH/c1-3-5-7-9-11-16-12-14-17(15-16)13-10-8-6-4-2;/h16H,3-15H2,1-2H3;1H. The summed E-state index contributed by atoms with van der Waals surface area (Å²) >= 11 is 0. The SMILES string of the molecule is CCCCCCC1CC[NH+](CCCCCC)C1.[Cl-]. The van der Waals surface area contributed by atoms with Crippen molar-refractivity contribution >= 4 is 0 Å². The molecule has 110 valence electrons. The molecule has 0 aromatic carbocycles. The first-order chi connectivity index (χ1) is 8.36. The highest BCUT2D eigenvalue weighted by atomic mass is 35.5. The summed E-state index contributed by atoms with van der Waals surface area (Å²) in [5, 5.41) is 0. The summed E-state index contributed by atoms with van der Waals surface area (Å²) in [7, 11) is 0. The van der Waals surface area contributed by atoms with Gasteiger partial charge in [-0.2, -0.15) is 0 Å². The second-order valence-corrected chi connectivity index (χ2v) is 6.02. The van der Waals surface area contributed by atoms with Crippen LogP contribution in [0.3, 0.4) is 0 Å². The molecule has 0 bridgehead atoms. The van der Waals surface area contributed by atoms with E-state index in [4.69, 9.17) is 0 Å². The maximum absolute atomic E-state index is 2.30. The van der Waals surface area contributed by atoms with Gasteiger partial charge in [0, 0.05) is 12.3 Å². The summed E-state index contributed by atoms with van der Waals surface area (Å²) in [6.45, 7) is 9.00. The van der Waals surface area contributed by atoms with Crippen molar-refractivity contribution in [2.24, 2.45) is 5.92 Å². The minimum atomic E-state index is 0. The van der Waals surface area contributed by atoms with Crippen LogP contribution in [-0.4, -0.2) is 19.6 Å². The fourth-order valence-corrected chi connectivity index (χ4v) is 3.16. The molecule has 1 saturated heterocycles. The smallest absolute Gasteiger partial charge is 0.0801 e. The van der Waals surface area contributed by atoms with Gasteiger partial charge in [0.1, 0.15) is 0 Å². The van der Waals surface area contributed by atoms with Gasteiger partial charge in [0.05, 0.1) is 19.6 Å². The molecule has 2 heteroatoms. The van der Waals surface area contributed by atoms with E-state index in [0.29, 0.717) is 0 Å². The van der Waals surface area contributed by atoms with Gasteiger partial charge in [-0.05, 0) is 19.3 Å². The van der Waals surface area contributed by atoms with E-state index in [2.05, 4.69) is 13.8 Å². The first-order valence-electron chi connectivity index (χ1n) is 8.20. The van der Waals surface area contributed by atoms with Gasteiger partial charge in [0.25, 0.3) is 0 Å². The topological polar surface area (TPSA) is 4.44 Å². The van der Waals surface area contributed by atoms with Crippen molar-refractivity contribution in [2.75, 3.05) is 19.6 Å². The second kappa shape index (κ2) is 12.3. The van der Waals surface area contributed by atoms with Crippen molar-refractivity contribution in [3.63, 3.8) is 0 Å². The van der Waals surface area contributed by atoms with Crippen LogP contribution in [0.5, 0.6) is 0 Å². The molecular formula is C16H34ClN. The van der Waals surface area contributed by atoms with E-state index >= 15 is 0 Å². The van der Waals surface area contributed by atoms with Crippen LogP contribution >= 0.6 is 0 Å². The van der Waals surface area contributed by atoms with E-state index in [1.165, 1.54) is 83.8 Å². The van der Waals surface area contributed by atoms with Gasteiger partial charge in [0.2, 0.25) is 0 Å². The van der Waals surface area contributed by atoms with Gasteiger partial charge in [-0.25, -0.2) is 0 Å². The van der Waals surface area contributed by atoms with Crippen LogP contribution in [0.4, 0.5) is 0 Å².